The lowest BCUT2D eigenvalue weighted by molar-refractivity contribution is 0.147. The van der Waals surface area contributed by atoms with Crippen LogP contribution in [-0.4, -0.2) is 16.2 Å². The predicted molar refractivity (Wildman–Crippen MR) is 72.4 cm³/mol. The molecule has 1 aromatic heterocycles. The molecule has 1 aliphatic rings. The van der Waals surface area contributed by atoms with Crippen LogP contribution in [0.5, 0.6) is 0 Å². The van der Waals surface area contributed by atoms with Crippen molar-refractivity contribution >= 4 is 0 Å². The van der Waals surface area contributed by atoms with Gasteiger partial charge < -0.3 is 5.11 Å². The first-order valence-electron chi connectivity index (χ1n) is 6.55. The van der Waals surface area contributed by atoms with E-state index in [1.807, 2.05) is 24.4 Å². The second-order valence-corrected chi connectivity index (χ2v) is 4.86. The van der Waals surface area contributed by atoms with Gasteiger partial charge in [-0.3, -0.25) is 4.98 Å². The zero-order valence-electron chi connectivity index (χ0n) is 10.5. The molecule has 1 N–H and O–H groups in total. The molecule has 0 bridgehead atoms. The maximum atomic E-state index is 10.4. The largest absolute Gasteiger partial charge is 0.392 e. The van der Waals surface area contributed by atoms with Gasteiger partial charge in [0, 0.05) is 17.7 Å². The van der Waals surface area contributed by atoms with Gasteiger partial charge in [-0.25, -0.2) is 0 Å². The number of nitrogens with zero attached hydrogens (tertiary/aromatic N) is 1. The summed E-state index contributed by atoms with van der Waals surface area (Å²) >= 11 is 0. The van der Waals surface area contributed by atoms with Gasteiger partial charge in [-0.15, -0.1) is 0 Å². The smallest absolute Gasteiger partial charge is 0.0744 e. The summed E-state index contributed by atoms with van der Waals surface area (Å²) in [6, 6.07) is 12.3. The number of aliphatic hydroxyl groups excluding tert-OH is 1. The second kappa shape index (κ2) is 4.54. The molecule has 3 rings (SSSR count). The van der Waals surface area contributed by atoms with Crippen LogP contribution in [0.25, 0.3) is 11.3 Å². The minimum absolute atomic E-state index is 0.0878. The van der Waals surface area contributed by atoms with E-state index < -0.39 is 0 Å². The Morgan fingerprint density at radius 1 is 1.17 bits per heavy atom. The van der Waals surface area contributed by atoms with Gasteiger partial charge in [-0.2, -0.15) is 0 Å². The van der Waals surface area contributed by atoms with Crippen LogP contribution >= 0.6 is 0 Å². The quantitative estimate of drug-likeness (QED) is 0.891. The molecule has 0 radical (unpaired) electrons. The fourth-order valence-electron chi connectivity index (χ4n) is 2.92. The molecule has 2 heteroatoms. The minimum atomic E-state index is -0.318. The summed E-state index contributed by atoms with van der Waals surface area (Å²) < 4.78 is 0. The molecule has 2 unspecified atom stereocenters. The molecular weight excluding hydrogens is 222 g/mol. The zero-order chi connectivity index (χ0) is 12.5. The summed E-state index contributed by atoms with van der Waals surface area (Å²) in [6.07, 6.45) is 3.33. The Kier molecular flexibility index (Phi) is 2.88. The summed E-state index contributed by atoms with van der Waals surface area (Å²) in [4.78, 5) is 4.48. The highest BCUT2D eigenvalue weighted by molar-refractivity contribution is 5.75. The molecular formula is C16H17NO. The number of rotatable bonds is 3. The monoisotopic (exact) mass is 239 g/mol. The van der Waals surface area contributed by atoms with Crippen LogP contribution in [0.15, 0.2) is 42.6 Å². The van der Waals surface area contributed by atoms with Gasteiger partial charge in [0.2, 0.25) is 0 Å². The third kappa shape index (κ3) is 1.65. The number of benzene rings is 1. The van der Waals surface area contributed by atoms with Crippen molar-refractivity contribution in [2.75, 3.05) is 0 Å². The standard InChI is InChI=1S/C16H17NO/c1-2-6-14(18)15-11-7-3-4-8-12(11)16-13(15)9-5-10-17-16/h3-5,7-10,14-15,18H,2,6H2,1H3. The van der Waals surface area contributed by atoms with Crippen LogP contribution in [0.1, 0.15) is 36.8 Å². The van der Waals surface area contributed by atoms with Gasteiger partial charge in [0.25, 0.3) is 0 Å². The van der Waals surface area contributed by atoms with Gasteiger partial charge in [0.05, 0.1) is 11.8 Å². The molecule has 0 spiro atoms. The van der Waals surface area contributed by atoms with Crippen molar-refractivity contribution < 1.29 is 5.11 Å². The van der Waals surface area contributed by atoms with Crippen molar-refractivity contribution in [2.45, 2.75) is 31.8 Å². The van der Waals surface area contributed by atoms with Crippen LogP contribution < -0.4 is 0 Å². The lowest BCUT2D eigenvalue weighted by atomic mass is 9.89. The molecule has 0 amide bonds. The van der Waals surface area contributed by atoms with E-state index in [0.29, 0.717) is 0 Å². The summed E-state index contributed by atoms with van der Waals surface area (Å²) in [5.41, 5.74) is 4.59. The Hall–Kier alpha value is -1.67. The SMILES string of the molecule is CCCC(O)C1c2ccccc2-c2ncccc21. The van der Waals surface area contributed by atoms with Crippen LogP contribution in [-0.2, 0) is 0 Å². The van der Waals surface area contributed by atoms with E-state index in [-0.39, 0.29) is 12.0 Å². The molecule has 92 valence electrons. The van der Waals surface area contributed by atoms with Crippen molar-refractivity contribution in [1.29, 1.82) is 0 Å². The Morgan fingerprint density at radius 3 is 2.78 bits per heavy atom. The minimum Gasteiger partial charge on any atom is -0.392 e. The van der Waals surface area contributed by atoms with E-state index >= 15 is 0 Å². The second-order valence-electron chi connectivity index (χ2n) is 4.86. The topological polar surface area (TPSA) is 33.1 Å². The predicted octanol–water partition coefficient (Wildman–Crippen LogP) is 3.35. The Balaban J connectivity index is 2.14. The Bertz CT molecular complexity index is 519. The van der Waals surface area contributed by atoms with Gasteiger partial charge in [0.1, 0.15) is 0 Å². The first-order valence-corrected chi connectivity index (χ1v) is 6.55. The first-order chi connectivity index (χ1) is 8.83. The first kappa shape index (κ1) is 11.4. The highest BCUT2D eigenvalue weighted by Crippen LogP contribution is 2.45. The van der Waals surface area contributed by atoms with Crippen molar-refractivity contribution in [2.24, 2.45) is 0 Å². The lowest BCUT2D eigenvalue weighted by Crippen LogP contribution is -2.17. The highest BCUT2D eigenvalue weighted by Gasteiger charge is 2.33. The van der Waals surface area contributed by atoms with Gasteiger partial charge in [0.15, 0.2) is 0 Å². The molecule has 0 fully saturated rings. The Morgan fingerprint density at radius 2 is 1.94 bits per heavy atom. The highest BCUT2D eigenvalue weighted by atomic mass is 16.3. The van der Waals surface area contributed by atoms with Crippen molar-refractivity contribution in [3.63, 3.8) is 0 Å². The van der Waals surface area contributed by atoms with E-state index in [9.17, 15) is 5.11 Å². The number of pyridine rings is 1. The maximum Gasteiger partial charge on any atom is 0.0744 e. The Labute approximate surface area is 107 Å². The van der Waals surface area contributed by atoms with Crippen molar-refractivity contribution in [1.82, 2.24) is 4.98 Å². The number of aliphatic hydroxyl groups is 1. The maximum absolute atomic E-state index is 10.4. The van der Waals surface area contributed by atoms with E-state index in [4.69, 9.17) is 0 Å². The average Bonchev–Trinajstić information content (AvgIpc) is 2.73. The normalized spacial score (nSPS) is 18.2. The van der Waals surface area contributed by atoms with E-state index in [1.54, 1.807) is 0 Å². The van der Waals surface area contributed by atoms with Crippen molar-refractivity contribution in [3.8, 4) is 11.3 Å². The molecule has 18 heavy (non-hydrogen) atoms. The lowest BCUT2D eigenvalue weighted by Gasteiger charge is -2.19. The van der Waals surface area contributed by atoms with Crippen LogP contribution in [0.4, 0.5) is 0 Å². The molecule has 1 heterocycles. The molecule has 2 atom stereocenters. The molecule has 1 aliphatic carbocycles. The third-order valence-corrected chi connectivity index (χ3v) is 3.69. The molecule has 0 aliphatic heterocycles. The molecule has 0 saturated carbocycles. The van der Waals surface area contributed by atoms with Crippen LogP contribution in [0.2, 0.25) is 0 Å². The van der Waals surface area contributed by atoms with E-state index in [2.05, 4.69) is 30.1 Å². The number of fused-ring (bicyclic) bond motifs is 3. The third-order valence-electron chi connectivity index (χ3n) is 3.69. The zero-order valence-corrected chi connectivity index (χ0v) is 10.5. The van der Waals surface area contributed by atoms with E-state index in [1.165, 1.54) is 16.7 Å². The van der Waals surface area contributed by atoms with Gasteiger partial charge >= 0.3 is 0 Å². The summed E-state index contributed by atoms with van der Waals surface area (Å²) in [6.45, 7) is 2.11. The number of hydrogen-bond donors (Lipinski definition) is 1. The van der Waals surface area contributed by atoms with Crippen LogP contribution in [0, 0.1) is 0 Å². The molecule has 1 aromatic carbocycles. The van der Waals surface area contributed by atoms with Gasteiger partial charge in [-0.05, 0) is 23.6 Å². The fourth-order valence-corrected chi connectivity index (χ4v) is 2.92. The summed E-state index contributed by atoms with van der Waals surface area (Å²) in [7, 11) is 0. The van der Waals surface area contributed by atoms with Crippen molar-refractivity contribution in [3.05, 3.63) is 53.7 Å². The average molecular weight is 239 g/mol. The molecule has 2 aromatic rings. The van der Waals surface area contributed by atoms with E-state index in [0.717, 1.165) is 18.5 Å². The summed E-state index contributed by atoms with van der Waals surface area (Å²) in [5, 5.41) is 10.4. The fraction of sp³-hybridized carbons (Fsp3) is 0.312. The summed E-state index contributed by atoms with van der Waals surface area (Å²) in [5.74, 6) is 0.0878. The van der Waals surface area contributed by atoms with Crippen LogP contribution in [0.3, 0.4) is 0 Å². The van der Waals surface area contributed by atoms with Gasteiger partial charge in [-0.1, -0.05) is 43.7 Å². The molecule has 0 saturated heterocycles. The molecule has 2 nitrogen and oxygen atoms in total. The number of hydrogen-bond acceptors (Lipinski definition) is 2. The number of aromatic nitrogens is 1.